The van der Waals surface area contributed by atoms with Crippen LogP contribution in [-0.4, -0.2) is 66.8 Å². The second kappa shape index (κ2) is 7.88. The predicted molar refractivity (Wildman–Crippen MR) is 67.1 cm³/mol. The molecule has 0 aromatic heterocycles. The number of nitrogens with zero attached hydrogens (tertiary/aromatic N) is 2. The highest BCUT2D eigenvalue weighted by Crippen LogP contribution is 1.96. The molecule has 0 atom stereocenters. The summed E-state index contributed by atoms with van der Waals surface area (Å²) in [5.41, 5.74) is 2.78. The summed E-state index contributed by atoms with van der Waals surface area (Å²) >= 11 is 0. The third-order valence-electron chi connectivity index (χ3n) is 2.87. The lowest BCUT2D eigenvalue weighted by Crippen LogP contribution is -2.54. The standard InChI is InChI=1S/C11H22N4O3/c1-14-6-8-15(9-7-14)13-11(18)12-5-3-2-4-10(16)17/h2-9H2,1H3,(H,16,17)(H2,12,13,18). The van der Waals surface area contributed by atoms with Crippen LogP contribution in [0.4, 0.5) is 4.79 Å². The van der Waals surface area contributed by atoms with E-state index in [4.69, 9.17) is 5.11 Å². The SMILES string of the molecule is CN1CCN(NC(=O)NCCCCC(=O)O)CC1. The van der Waals surface area contributed by atoms with Crippen molar-refractivity contribution in [3.05, 3.63) is 0 Å². The molecule has 0 aromatic rings. The van der Waals surface area contributed by atoms with Gasteiger partial charge in [0, 0.05) is 39.1 Å². The van der Waals surface area contributed by atoms with E-state index in [2.05, 4.69) is 22.7 Å². The van der Waals surface area contributed by atoms with Gasteiger partial charge in [-0.05, 0) is 19.9 Å². The molecule has 0 bridgehead atoms. The van der Waals surface area contributed by atoms with Crippen LogP contribution >= 0.6 is 0 Å². The average molecular weight is 258 g/mol. The smallest absolute Gasteiger partial charge is 0.329 e. The van der Waals surface area contributed by atoms with Crippen LogP contribution in [0.3, 0.4) is 0 Å². The molecule has 0 radical (unpaired) electrons. The van der Waals surface area contributed by atoms with E-state index < -0.39 is 5.97 Å². The Hall–Kier alpha value is -1.34. The Kier molecular flexibility index (Phi) is 6.45. The number of carbonyl (C=O) groups is 2. The quantitative estimate of drug-likeness (QED) is 0.570. The van der Waals surface area contributed by atoms with E-state index in [1.807, 2.05) is 5.01 Å². The Morgan fingerprint density at radius 3 is 2.44 bits per heavy atom. The van der Waals surface area contributed by atoms with Gasteiger partial charge in [-0.2, -0.15) is 0 Å². The first-order valence-corrected chi connectivity index (χ1v) is 6.27. The summed E-state index contributed by atoms with van der Waals surface area (Å²) in [5, 5.41) is 13.1. The van der Waals surface area contributed by atoms with Gasteiger partial charge in [0.1, 0.15) is 0 Å². The van der Waals surface area contributed by atoms with E-state index in [-0.39, 0.29) is 12.5 Å². The van der Waals surface area contributed by atoms with Crippen molar-refractivity contribution in [2.24, 2.45) is 0 Å². The van der Waals surface area contributed by atoms with Gasteiger partial charge in [-0.3, -0.25) is 10.2 Å². The van der Waals surface area contributed by atoms with E-state index in [0.29, 0.717) is 19.4 Å². The van der Waals surface area contributed by atoms with E-state index in [1.165, 1.54) is 0 Å². The number of urea groups is 1. The number of hydrogen-bond donors (Lipinski definition) is 3. The fraction of sp³-hybridized carbons (Fsp3) is 0.818. The summed E-state index contributed by atoms with van der Waals surface area (Å²) in [5.74, 6) is -0.795. The molecule has 0 aromatic carbocycles. The third-order valence-corrected chi connectivity index (χ3v) is 2.87. The summed E-state index contributed by atoms with van der Waals surface area (Å²) in [6.07, 6.45) is 1.42. The second-order valence-corrected chi connectivity index (χ2v) is 4.51. The first kappa shape index (κ1) is 14.7. The third kappa shape index (κ3) is 6.41. The summed E-state index contributed by atoms with van der Waals surface area (Å²) in [6.45, 7) is 4.04. The molecular formula is C11H22N4O3. The van der Waals surface area contributed by atoms with Crippen molar-refractivity contribution >= 4 is 12.0 Å². The van der Waals surface area contributed by atoms with Crippen molar-refractivity contribution in [3.63, 3.8) is 0 Å². The van der Waals surface area contributed by atoms with Crippen LogP contribution in [0.5, 0.6) is 0 Å². The van der Waals surface area contributed by atoms with E-state index >= 15 is 0 Å². The number of rotatable bonds is 6. The number of hydrogen-bond acceptors (Lipinski definition) is 4. The molecule has 0 aliphatic carbocycles. The minimum Gasteiger partial charge on any atom is -0.481 e. The molecule has 1 aliphatic rings. The Balaban J connectivity index is 2.01. The second-order valence-electron chi connectivity index (χ2n) is 4.51. The number of piperazine rings is 1. The number of carboxylic acid groups (broad SMARTS) is 1. The van der Waals surface area contributed by atoms with Gasteiger partial charge in [0.05, 0.1) is 0 Å². The normalized spacial score (nSPS) is 17.4. The minimum atomic E-state index is -0.795. The lowest BCUT2D eigenvalue weighted by Gasteiger charge is -2.32. The maximum absolute atomic E-state index is 11.5. The predicted octanol–water partition coefficient (Wildman–Crippen LogP) is -0.297. The molecule has 3 N–H and O–H groups in total. The summed E-state index contributed by atoms with van der Waals surface area (Å²) < 4.78 is 0. The molecule has 2 amide bonds. The van der Waals surface area contributed by atoms with Gasteiger partial charge in [0.2, 0.25) is 0 Å². The van der Waals surface area contributed by atoms with E-state index in [0.717, 1.165) is 26.2 Å². The zero-order valence-electron chi connectivity index (χ0n) is 10.8. The first-order valence-electron chi connectivity index (χ1n) is 6.27. The molecule has 1 fully saturated rings. The van der Waals surface area contributed by atoms with Gasteiger partial charge in [0.15, 0.2) is 0 Å². The van der Waals surface area contributed by atoms with Gasteiger partial charge < -0.3 is 15.3 Å². The molecule has 1 heterocycles. The number of unbranched alkanes of at least 4 members (excludes halogenated alkanes) is 1. The van der Waals surface area contributed by atoms with Gasteiger partial charge in [-0.25, -0.2) is 9.80 Å². The molecular weight excluding hydrogens is 236 g/mol. The van der Waals surface area contributed by atoms with Crippen LogP contribution in [0, 0.1) is 0 Å². The van der Waals surface area contributed by atoms with Crippen molar-refractivity contribution < 1.29 is 14.7 Å². The largest absolute Gasteiger partial charge is 0.481 e. The number of carboxylic acids is 1. The van der Waals surface area contributed by atoms with Crippen LogP contribution < -0.4 is 10.7 Å². The number of carbonyl (C=O) groups excluding carboxylic acids is 1. The monoisotopic (exact) mass is 258 g/mol. The van der Waals surface area contributed by atoms with Crippen LogP contribution in [0.25, 0.3) is 0 Å². The van der Waals surface area contributed by atoms with Crippen molar-refractivity contribution in [1.82, 2.24) is 20.7 Å². The number of likely N-dealkylation sites (N-methyl/N-ethyl adjacent to an activating group) is 1. The maximum atomic E-state index is 11.5. The zero-order chi connectivity index (χ0) is 13.4. The highest BCUT2D eigenvalue weighted by Gasteiger charge is 2.15. The fourth-order valence-corrected chi connectivity index (χ4v) is 1.70. The molecule has 7 nitrogen and oxygen atoms in total. The molecule has 0 saturated carbocycles. The average Bonchev–Trinajstić information content (AvgIpc) is 2.31. The van der Waals surface area contributed by atoms with Crippen LogP contribution in [0.15, 0.2) is 0 Å². The Morgan fingerprint density at radius 1 is 1.17 bits per heavy atom. The van der Waals surface area contributed by atoms with Gasteiger partial charge in [-0.15, -0.1) is 0 Å². The van der Waals surface area contributed by atoms with Crippen molar-refractivity contribution in [3.8, 4) is 0 Å². The van der Waals surface area contributed by atoms with Gasteiger partial charge in [-0.1, -0.05) is 0 Å². The summed E-state index contributed by atoms with van der Waals surface area (Å²) in [6, 6.07) is -0.213. The lowest BCUT2D eigenvalue weighted by molar-refractivity contribution is -0.137. The summed E-state index contributed by atoms with van der Waals surface area (Å²) in [7, 11) is 2.06. The van der Waals surface area contributed by atoms with Crippen molar-refractivity contribution in [2.75, 3.05) is 39.8 Å². The fourth-order valence-electron chi connectivity index (χ4n) is 1.70. The topological polar surface area (TPSA) is 84.9 Å². The molecule has 0 spiro atoms. The van der Waals surface area contributed by atoms with Crippen molar-refractivity contribution in [1.29, 1.82) is 0 Å². The zero-order valence-corrected chi connectivity index (χ0v) is 10.8. The number of hydrazine groups is 1. The molecule has 0 unspecified atom stereocenters. The maximum Gasteiger partial charge on any atom is 0.329 e. The van der Waals surface area contributed by atoms with Crippen LogP contribution in [0.2, 0.25) is 0 Å². The molecule has 7 heteroatoms. The highest BCUT2D eigenvalue weighted by atomic mass is 16.4. The lowest BCUT2D eigenvalue weighted by atomic mass is 10.2. The number of aliphatic carboxylic acids is 1. The molecule has 1 aliphatic heterocycles. The summed E-state index contributed by atoms with van der Waals surface area (Å²) in [4.78, 5) is 24.0. The molecule has 18 heavy (non-hydrogen) atoms. The Labute approximate surface area is 107 Å². The highest BCUT2D eigenvalue weighted by molar-refractivity contribution is 5.73. The molecule has 1 saturated heterocycles. The van der Waals surface area contributed by atoms with Crippen LogP contribution in [0.1, 0.15) is 19.3 Å². The first-order chi connectivity index (χ1) is 8.58. The number of nitrogens with one attached hydrogen (secondary N) is 2. The molecule has 1 rings (SSSR count). The van der Waals surface area contributed by atoms with E-state index in [1.54, 1.807) is 0 Å². The molecule has 104 valence electrons. The minimum absolute atomic E-state index is 0.155. The van der Waals surface area contributed by atoms with Crippen LogP contribution in [-0.2, 0) is 4.79 Å². The number of amides is 2. The van der Waals surface area contributed by atoms with E-state index in [9.17, 15) is 9.59 Å². The Morgan fingerprint density at radius 2 is 1.83 bits per heavy atom. The van der Waals surface area contributed by atoms with Crippen molar-refractivity contribution in [2.45, 2.75) is 19.3 Å². The van der Waals surface area contributed by atoms with Gasteiger partial charge >= 0.3 is 12.0 Å². The van der Waals surface area contributed by atoms with Gasteiger partial charge in [0.25, 0.3) is 0 Å². The Bertz CT molecular complexity index is 277.